The lowest BCUT2D eigenvalue weighted by Gasteiger charge is -2.14. The number of para-hydroxylation sites is 1. The van der Waals surface area contributed by atoms with Crippen LogP contribution in [0.1, 0.15) is 34.7 Å². The van der Waals surface area contributed by atoms with E-state index in [0.717, 1.165) is 18.4 Å². The summed E-state index contributed by atoms with van der Waals surface area (Å²) in [6, 6.07) is 13.8. The number of fused-ring (bicyclic) bond motifs is 1. The maximum Gasteiger partial charge on any atom is 0.273 e. The number of nitrogens with one attached hydrogen (secondary N) is 1. The van der Waals surface area contributed by atoms with E-state index in [4.69, 9.17) is 0 Å². The van der Waals surface area contributed by atoms with Crippen molar-refractivity contribution in [1.82, 2.24) is 5.32 Å². The van der Waals surface area contributed by atoms with E-state index < -0.39 is 0 Å². The Kier molecular flexibility index (Phi) is 3.71. The van der Waals surface area contributed by atoms with E-state index in [1.54, 1.807) is 12.1 Å². The van der Waals surface area contributed by atoms with E-state index in [1.165, 1.54) is 16.7 Å². The number of nitro benzene ring substituents is 1. The Morgan fingerprint density at radius 3 is 2.90 bits per heavy atom. The second-order valence-corrected chi connectivity index (χ2v) is 5.56. The molecule has 1 atom stereocenters. The number of hydrogen-bond acceptors (Lipinski definition) is 3. The van der Waals surface area contributed by atoms with Gasteiger partial charge in [-0.15, -0.1) is 0 Å². The van der Waals surface area contributed by atoms with Crippen LogP contribution in [-0.2, 0) is 13.0 Å². The van der Waals surface area contributed by atoms with Crippen molar-refractivity contribution in [3.63, 3.8) is 0 Å². The van der Waals surface area contributed by atoms with Crippen molar-refractivity contribution in [2.75, 3.05) is 0 Å². The van der Waals surface area contributed by atoms with Crippen LogP contribution in [0.3, 0.4) is 0 Å². The number of aryl methyl sites for hydroxylation is 2. The quantitative estimate of drug-likeness (QED) is 0.687. The first kappa shape index (κ1) is 13.8. The van der Waals surface area contributed by atoms with Crippen LogP contribution in [-0.4, -0.2) is 4.92 Å². The molecule has 0 spiro atoms. The molecule has 1 unspecified atom stereocenters. The van der Waals surface area contributed by atoms with Gasteiger partial charge in [0, 0.05) is 24.2 Å². The zero-order valence-corrected chi connectivity index (χ0v) is 12.0. The van der Waals surface area contributed by atoms with Crippen molar-refractivity contribution in [2.24, 2.45) is 0 Å². The maximum absolute atomic E-state index is 11.0. The van der Waals surface area contributed by atoms with Crippen LogP contribution in [0.25, 0.3) is 0 Å². The van der Waals surface area contributed by atoms with E-state index in [-0.39, 0.29) is 10.6 Å². The van der Waals surface area contributed by atoms with Crippen LogP contribution < -0.4 is 5.32 Å². The lowest BCUT2D eigenvalue weighted by molar-refractivity contribution is -0.385. The largest absolute Gasteiger partial charge is 0.306 e. The Morgan fingerprint density at radius 2 is 2.10 bits per heavy atom. The predicted octanol–water partition coefficient (Wildman–Crippen LogP) is 3.68. The molecule has 4 nitrogen and oxygen atoms in total. The second kappa shape index (κ2) is 5.66. The first-order chi connectivity index (χ1) is 10.1. The molecule has 0 amide bonds. The molecule has 0 saturated carbocycles. The first-order valence-corrected chi connectivity index (χ1v) is 7.20. The van der Waals surface area contributed by atoms with E-state index in [2.05, 4.69) is 30.4 Å². The van der Waals surface area contributed by atoms with Crippen LogP contribution in [0.4, 0.5) is 5.69 Å². The summed E-state index contributed by atoms with van der Waals surface area (Å²) in [6.45, 7) is 2.62. The minimum Gasteiger partial charge on any atom is -0.306 e. The average molecular weight is 282 g/mol. The Balaban J connectivity index is 1.76. The molecule has 0 aliphatic heterocycles. The van der Waals surface area contributed by atoms with Gasteiger partial charge in [-0.1, -0.05) is 42.0 Å². The summed E-state index contributed by atoms with van der Waals surface area (Å²) in [7, 11) is 0. The van der Waals surface area contributed by atoms with Gasteiger partial charge in [0.25, 0.3) is 5.69 Å². The molecule has 1 N–H and O–H groups in total. The van der Waals surface area contributed by atoms with E-state index in [1.807, 2.05) is 12.1 Å². The van der Waals surface area contributed by atoms with Gasteiger partial charge >= 0.3 is 0 Å². The fourth-order valence-electron chi connectivity index (χ4n) is 3.01. The highest BCUT2D eigenvalue weighted by Crippen LogP contribution is 2.32. The molecule has 108 valence electrons. The summed E-state index contributed by atoms with van der Waals surface area (Å²) in [4.78, 5) is 10.7. The lowest BCUT2D eigenvalue weighted by Crippen LogP contribution is -2.19. The van der Waals surface area contributed by atoms with Crippen LogP contribution >= 0.6 is 0 Å². The van der Waals surface area contributed by atoms with Gasteiger partial charge in [0.2, 0.25) is 0 Å². The summed E-state index contributed by atoms with van der Waals surface area (Å²) in [6.07, 6.45) is 2.13. The fourth-order valence-corrected chi connectivity index (χ4v) is 3.01. The average Bonchev–Trinajstić information content (AvgIpc) is 2.87. The molecular weight excluding hydrogens is 264 g/mol. The number of benzene rings is 2. The molecule has 4 heteroatoms. The maximum atomic E-state index is 11.0. The smallest absolute Gasteiger partial charge is 0.273 e. The Morgan fingerprint density at radius 1 is 1.29 bits per heavy atom. The van der Waals surface area contributed by atoms with Gasteiger partial charge in [-0.3, -0.25) is 10.1 Å². The lowest BCUT2D eigenvalue weighted by atomic mass is 10.0. The zero-order chi connectivity index (χ0) is 14.8. The summed E-state index contributed by atoms with van der Waals surface area (Å²) in [5, 5.41) is 14.5. The van der Waals surface area contributed by atoms with Crippen LogP contribution in [0.5, 0.6) is 0 Å². The van der Waals surface area contributed by atoms with Crippen molar-refractivity contribution in [3.8, 4) is 0 Å². The molecule has 0 radical (unpaired) electrons. The van der Waals surface area contributed by atoms with Crippen molar-refractivity contribution in [3.05, 3.63) is 74.8 Å². The highest BCUT2D eigenvalue weighted by Gasteiger charge is 2.22. The van der Waals surface area contributed by atoms with E-state index in [9.17, 15) is 10.1 Å². The van der Waals surface area contributed by atoms with Gasteiger partial charge in [-0.2, -0.15) is 0 Å². The molecule has 2 aromatic carbocycles. The van der Waals surface area contributed by atoms with Crippen molar-refractivity contribution in [2.45, 2.75) is 32.4 Å². The van der Waals surface area contributed by atoms with Crippen molar-refractivity contribution in [1.29, 1.82) is 0 Å². The van der Waals surface area contributed by atoms with Gasteiger partial charge < -0.3 is 5.32 Å². The molecular formula is C17H18N2O2. The highest BCUT2D eigenvalue weighted by molar-refractivity contribution is 5.41. The third-order valence-corrected chi connectivity index (χ3v) is 4.11. The summed E-state index contributed by atoms with van der Waals surface area (Å²) in [5.41, 5.74) is 4.92. The molecule has 2 aromatic rings. The number of nitrogens with zero attached hydrogens (tertiary/aromatic N) is 1. The molecule has 0 aromatic heterocycles. The van der Waals surface area contributed by atoms with E-state index in [0.29, 0.717) is 12.6 Å². The Bertz CT molecular complexity index is 682. The molecule has 3 rings (SSSR count). The fraction of sp³-hybridized carbons (Fsp3) is 0.294. The van der Waals surface area contributed by atoms with Crippen LogP contribution in [0, 0.1) is 17.0 Å². The third kappa shape index (κ3) is 2.81. The summed E-state index contributed by atoms with van der Waals surface area (Å²) < 4.78 is 0. The third-order valence-electron chi connectivity index (χ3n) is 4.11. The first-order valence-electron chi connectivity index (χ1n) is 7.20. The van der Waals surface area contributed by atoms with Crippen molar-refractivity contribution >= 4 is 5.69 Å². The standard InChI is InChI=1S/C17H18N2O2/c1-12-6-7-13-8-9-16(15(13)10-12)18-11-14-4-2-3-5-17(14)19(20)21/h2-7,10,16,18H,8-9,11H2,1H3. The molecule has 1 aliphatic rings. The summed E-state index contributed by atoms with van der Waals surface area (Å²) in [5.74, 6) is 0. The molecule has 0 fully saturated rings. The molecule has 0 saturated heterocycles. The number of hydrogen-bond donors (Lipinski definition) is 1. The topological polar surface area (TPSA) is 55.2 Å². The minimum absolute atomic E-state index is 0.187. The minimum atomic E-state index is -0.316. The molecule has 0 bridgehead atoms. The normalized spacial score (nSPS) is 16.7. The highest BCUT2D eigenvalue weighted by atomic mass is 16.6. The van der Waals surface area contributed by atoms with Gasteiger partial charge in [0.1, 0.15) is 0 Å². The Hall–Kier alpha value is -2.20. The number of nitro groups is 1. The van der Waals surface area contributed by atoms with Crippen LogP contribution in [0.2, 0.25) is 0 Å². The Labute approximate surface area is 124 Å². The molecule has 1 aliphatic carbocycles. The number of rotatable bonds is 4. The SMILES string of the molecule is Cc1ccc2c(c1)C(NCc1ccccc1[N+](=O)[O-])CC2. The zero-order valence-electron chi connectivity index (χ0n) is 12.0. The van der Waals surface area contributed by atoms with Gasteiger partial charge in [0.05, 0.1) is 4.92 Å². The van der Waals surface area contributed by atoms with Gasteiger partial charge in [-0.05, 0) is 30.9 Å². The van der Waals surface area contributed by atoms with Gasteiger partial charge in [-0.25, -0.2) is 0 Å². The molecule has 21 heavy (non-hydrogen) atoms. The van der Waals surface area contributed by atoms with Gasteiger partial charge in [0.15, 0.2) is 0 Å². The van der Waals surface area contributed by atoms with E-state index >= 15 is 0 Å². The van der Waals surface area contributed by atoms with Crippen molar-refractivity contribution < 1.29 is 4.92 Å². The monoisotopic (exact) mass is 282 g/mol. The molecule has 0 heterocycles. The second-order valence-electron chi connectivity index (χ2n) is 5.56. The predicted molar refractivity (Wildman–Crippen MR) is 82.2 cm³/mol. The van der Waals surface area contributed by atoms with Crippen LogP contribution in [0.15, 0.2) is 42.5 Å². The summed E-state index contributed by atoms with van der Waals surface area (Å²) >= 11 is 0.